The molecule has 3 N–H and O–H groups in total. The molecule has 0 bridgehead atoms. The third-order valence-corrected chi connectivity index (χ3v) is 5.99. The fraction of sp³-hybridized carbons (Fsp3) is 0.368. The average Bonchev–Trinajstić information content (AvgIpc) is 3.32. The summed E-state index contributed by atoms with van der Waals surface area (Å²) < 4.78 is 14.2. The maximum atomic E-state index is 13.5. The summed E-state index contributed by atoms with van der Waals surface area (Å²) in [4.78, 5) is 27.6. The van der Waals surface area contributed by atoms with Crippen LogP contribution in [-0.4, -0.2) is 57.1 Å². The summed E-state index contributed by atoms with van der Waals surface area (Å²) in [5.41, 5.74) is 1.58. The maximum absolute atomic E-state index is 13.5. The van der Waals surface area contributed by atoms with Gasteiger partial charge in [-0.05, 0) is 31.0 Å². The Labute approximate surface area is 170 Å². The second-order valence-corrected chi connectivity index (χ2v) is 8.02. The lowest BCUT2D eigenvalue weighted by Crippen LogP contribution is -2.30. The van der Waals surface area contributed by atoms with Gasteiger partial charge in [-0.25, -0.2) is 14.4 Å². The van der Waals surface area contributed by atoms with Crippen molar-refractivity contribution < 1.29 is 14.3 Å². The Bertz CT molecular complexity index is 1060. The zero-order chi connectivity index (χ0) is 20.5. The summed E-state index contributed by atoms with van der Waals surface area (Å²) in [6, 6.07) is 2.94. The number of aliphatic hydroxyl groups excluding tert-OH is 1. The Hall–Kier alpha value is -2.85. The van der Waals surface area contributed by atoms with E-state index in [1.165, 1.54) is 17.4 Å². The number of pyridine rings is 1. The van der Waals surface area contributed by atoms with Crippen molar-refractivity contribution in [2.24, 2.45) is 0 Å². The molecule has 0 spiro atoms. The number of carbonyl (C=O) groups is 1. The molecule has 29 heavy (non-hydrogen) atoms. The molecule has 2 atom stereocenters. The van der Waals surface area contributed by atoms with Gasteiger partial charge in [0.25, 0.3) is 5.91 Å². The Morgan fingerprint density at radius 3 is 2.90 bits per heavy atom. The third kappa shape index (κ3) is 3.99. The molecule has 152 valence electrons. The van der Waals surface area contributed by atoms with Gasteiger partial charge < -0.3 is 20.6 Å². The predicted octanol–water partition coefficient (Wildman–Crippen LogP) is 2.65. The number of carbonyl (C=O) groups excluding carboxylic acids is 1. The van der Waals surface area contributed by atoms with E-state index in [4.69, 9.17) is 0 Å². The fourth-order valence-corrected chi connectivity index (χ4v) is 4.21. The Morgan fingerprint density at radius 1 is 1.38 bits per heavy atom. The average molecular weight is 416 g/mol. The van der Waals surface area contributed by atoms with Gasteiger partial charge in [0.05, 0.1) is 33.6 Å². The van der Waals surface area contributed by atoms with Crippen molar-refractivity contribution in [3.8, 4) is 0 Å². The minimum atomic E-state index is -0.509. The van der Waals surface area contributed by atoms with E-state index in [-0.39, 0.29) is 17.9 Å². The zero-order valence-electron chi connectivity index (χ0n) is 16.0. The number of aromatic nitrogens is 3. The van der Waals surface area contributed by atoms with Crippen LogP contribution in [0.5, 0.6) is 0 Å². The SMILES string of the molecule is CNc1cc2nc(NC(C)c3cncc(F)c3)nc(C(=O)N3CC[C@H](O)C3)c2s1. The number of anilines is 2. The fourth-order valence-electron chi connectivity index (χ4n) is 3.28. The van der Waals surface area contributed by atoms with E-state index in [1.807, 2.05) is 13.0 Å². The normalized spacial score (nSPS) is 17.5. The molecular weight excluding hydrogens is 395 g/mol. The molecule has 0 saturated carbocycles. The topological polar surface area (TPSA) is 103 Å². The largest absolute Gasteiger partial charge is 0.391 e. The number of rotatable bonds is 5. The number of hydrogen-bond acceptors (Lipinski definition) is 8. The number of fused-ring (bicyclic) bond motifs is 1. The molecule has 8 nitrogen and oxygen atoms in total. The van der Waals surface area contributed by atoms with Crippen LogP contribution in [0.2, 0.25) is 0 Å². The van der Waals surface area contributed by atoms with E-state index in [0.717, 1.165) is 11.2 Å². The van der Waals surface area contributed by atoms with Crippen LogP contribution in [0.15, 0.2) is 24.5 Å². The first-order valence-corrected chi connectivity index (χ1v) is 10.1. The second-order valence-electron chi connectivity index (χ2n) is 6.97. The zero-order valence-corrected chi connectivity index (χ0v) is 16.8. The number of aliphatic hydroxyl groups is 1. The van der Waals surface area contributed by atoms with Crippen molar-refractivity contribution in [2.45, 2.75) is 25.5 Å². The third-order valence-electron chi connectivity index (χ3n) is 4.84. The first-order chi connectivity index (χ1) is 13.9. The molecule has 10 heteroatoms. The van der Waals surface area contributed by atoms with Gasteiger partial charge in [-0.1, -0.05) is 0 Å². The van der Waals surface area contributed by atoms with Gasteiger partial charge in [-0.15, -0.1) is 11.3 Å². The first kappa shape index (κ1) is 19.5. The molecule has 0 radical (unpaired) electrons. The number of nitrogens with one attached hydrogen (secondary N) is 2. The lowest BCUT2D eigenvalue weighted by molar-refractivity contribution is 0.0761. The smallest absolute Gasteiger partial charge is 0.274 e. The maximum Gasteiger partial charge on any atom is 0.274 e. The number of hydrogen-bond donors (Lipinski definition) is 3. The summed E-state index contributed by atoms with van der Waals surface area (Å²) in [6.45, 7) is 2.63. The van der Waals surface area contributed by atoms with Crippen LogP contribution in [0.1, 0.15) is 35.4 Å². The van der Waals surface area contributed by atoms with Crippen molar-refractivity contribution in [1.82, 2.24) is 19.9 Å². The first-order valence-electron chi connectivity index (χ1n) is 9.28. The van der Waals surface area contributed by atoms with Gasteiger partial charge in [0.1, 0.15) is 5.82 Å². The molecule has 1 amide bonds. The summed E-state index contributed by atoms with van der Waals surface area (Å²) in [6.07, 6.45) is 2.76. The molecule has 1 fully saturated rings. The molecular formula is C19H21FN6O2S. The van der Waals surface area contributed by atoms with Gasteiger partial charge in [0.15, 0.2) is 5.69 Å². The quantitative estimate of drug-likeness (QED) is 0.587. The van der Waals surface area contributed by atoms with E-state index >= 15 is 0 Å². The van der Waals surface area contributed by atoms with Crippen LogP contribution in [0, 0.1) is 5.82 Å². The Kier molecular flexibility index (Phi) is 5.29. The predicted molar refractivity (Wildman–Crippen MR) is 110 cm³/mol. The molecule has 4 rings (SSSR count). The Balaban J connectivity index is 1.70. The van der Waals surface area contributed by atoms with Gasteiger partial charge in [0, 0.05) is 26.3 Å². The lowest BCUT2D eigenvalue weighted by Gasteiger charge is -2.17. The highest BCUT2D eigenvalue weighted by Gasteiger charge is 2.29. The Morgan fingerprint density at radius 2 is 2.21 bits per heavy atom. The molecule has 1 aliphatic heterocycles. The summed E-state index contributed by atoms with van der Waals surface area (Å²) in [5, 5.41) is 16.9. The monoisotopic (exact) mass is 416 g/mol. The van der Waals surface area contributed by atoms with E-state index in [1.54, 1.807) is 18.1 Å². The minimum Gasteiger partial charge on any atom is -0.391 e. The van der Waals surface area contributed by atoms with Crippen molar-refractivity contribution in [2.75, 3.05) is 30.8 Å². The van der Waals surface area contributed by atoms with E-state index in [9.17, 15) is 14.3 Å². The number of halogens is 1. The molecule has 3 aromatic rings. The van der Waals surface area contributed by atoms with Crippen LogP contribution < -0.4 is 10.6 Å². The number of β-amino-alcohol motifs (C(OH)–C–C–N with tert-alkyl or cyclic N) is 1. The number of amides is 1. The van der Waals surface area contributed by atoms with E-state index in [0.29, 0.717) is 41.0 Å². The van der Waals surface area contributed by atoms with Crippen LogP contribution in [0.4, 0.5) is 15.3 Å². The molecule has 0 aliphatic carbocycles. The lowest BCUT2D eigenvalue weighted by atomic mass is 10.1. The van der Waals surface area contributed by atoms with Crippen LogP contribution in [0.3, 0.4) is 0 Å². The van der Waals surface area contributed by atoms with Crippen molar-refractivity contribution >= 4 is 38.4 Å². The number of likely N-dealkylation sites (tertiary alicyclic amines) is 1. The number of nitrogens with zero attached hydrogens (tertiary/aromatic N) is 4. The highest BCUT2D eigenvalue weighted by atomic mass is 32.1. The molecule has 3 aromatic heterocycles. The molecule has 1 unspecified atom stereocenters. The summed E-state index contributed by atoms with van der Waals surface area (Å²) in [7, 11) is 1.80. The molecule has 0 aromatic carbocycles. The summed E-state index contributed by atoms with van der Waals surface area (Å²) in [5.74, 6) is -0.383. The summed E-state index contributed by atoms with van der Waals surface area (Å²) >= 11 is 1.40. The highest BCUT2D eigenvalue weighted by Crippen LogP contribution is 2.32. The molecule has 1 saturated heterocycles. The second kappa shape index (κ2) is 7.88. The molecule has 1 aliphatic rings. The molecule has 4 heterocycles. The van der Waals surface area contributed by atoms with Crippen molar-refractivity contribution in [1.29, 1.82) is 0 Å². The van der Waals surface area contributed by atoms with Crippen molar-refractivity contribution in [3.63, 3.8) is 0 Å². The van der Waals surface area contributed by atoms with Gasteiger partial charge in [-0.2, -0.15) is 0 Å². The van der Waals surface area contributed by atoms with Crippen LogP contribution in [-0.2, 0) is 0 Å². The van der Waals surface area contributed by atoms with Crippen molar-refractivity contribution in [3.05, 3.63) is 41.6 Å². The van der Waals surface area contributed by atoms with E-state index < -0.39 is 11.9 Å². The van der Waals surface area contributed by atoms with Crippen LogP contribution in [0.25, 0.3) is 10.2 Å². The minimum absolute atomic E-state index is 0.235. The van der Waals surface area contributed by atoms with Gasteiger partial charge in [-0.3, -0.25) is 9.78 Å². The highest BCUT2D eigenvalue weighted by molar-refractivity contribution is 7.23. The standard InChI is InChI=1S/C19H21FN6O2S/c1-10(11-5-12(20)8-22-7-11)23-19-24-14-6-15(21-2)29-17(14)16(25-19)18(28)26-4-3-13(27)9-26/h5-8,10,13,21,27H,3-4,9H2,1-2H3,(H,23,24,25)/t10?,13-/m0/s1. The number of thiophene rings is 1. The van der Waals surface area contributed by atoms with Crippen LogP contribution >= 0.6 is 11.3 Å². The van der Waals surface area contributed by atoms with Gasteiger partial charge in [0.2, 0.25) is 5.95 Å². The van der Waals surface area contributed by atoms with Gasteiger partial charge >= 0.3 is 0 Å². The van der Waals surface area contributed by atoms with E-state index in [2.05, 4.69) is 25.6 Å².